The van der Waals surface area contributed by atoms with Crippen molar-refractivity contribution in [2.45, 2.75) is 36.7 Å². The molecule has 33 heavy (non-hydrogen) atoms. The molecule has 1 atom stereocenters. The Balaban J connectivity index is 1.56. The summed E-state index contributed by atoms with van der Waals surface area (Å²) in [6.07, 6.45) is 6.81. The van der Waals surface area contributed by atoms with Crippen LogP contribution in [0, 0.1) is 5.92 Å². The molecule has 2 N–H and O–H groups in total. The van der Waals surface area contributed by atoms with Gasteiger partial charge in [0.05, 0.1) is 4.90 Å². The van der Waals surface area contributed by atoms with Gasteiger partial charge in [0, 0.05) is 37.9 Å². The van der Waals surface area contributed by atoms with Crippen LogP contribution < -0.4 is 10.0 Å². The minimum atomic E-state index is -3.81. The summed E-state index contributed by atoms with van der Waals surface area (Å²) >= 11 is 1.56. The predicted molar refractivity (Wildman–Crippen MR) is 129 cm³/mol. The number of likely N-dealkylation sites (tertiary alicyclic amines) is 1. The monoisotopic (exact) mass is 490 g/mol. The first-order valence-corrected chi connectivity index (χ1v) is 13.8. The number of pyridine rings is 1. The molecule has 2 aromatic rings. The summed E-state index contributed by atoms with van der Waals surface area (Å²) in [5, 5.41) is 2.94. The highest BCUT2D eigenvalue weighted by molar-refractivity contribution is 7.98. The Morgan fingerprint density at radius 3 is 2.52 bits per heavy atom. The number of nitrogens with zero attached hydrogens (tertiary/aromatic N) is 2. The number of rotatable bonds is 10. The third kappa shape index (κ3) is 7.28. The third-order valence-electron chi connectivity index (χ3n) is 5.63. The van der Waals surface area contributed by atoms with Crippen molar-refractivity contribution in [3.63, 3.8) is 0 Å². The lowest BCUT2D eigenvalue weighted by Crippen LogP contribution is -2.51. The lowest BCUT2D eigenvalue weighted by molar-refractivity contribution is -0.137. The van der Waals surface area contributed by atoms with Gasteiger partial charge in [-0.2, -0.15) is 16.5 Å². The fourth-order valence-corrected chi connectivity index (χ4v) is 5.46. The zero-order valence-corrected chi connectivity index (χ0v) is 20.3. The lowest BCUT2D eigenvalue weighted by Gasteiger charge is -2.34. The zero-order valence-electron chi connectivity index (χ0n) is 18.6. The van der Waals surface area contributed by atoms with E-state index in [4.69, 9.17) is 0 Å². The summed E-state index contributed by atoms with van der Waals surface area (Å²) in [4.78, 5) is 31.6. The maximum atomic E-state index is 13.2. The smallest absolute Gasteiger partial charge is 0.241 e. The summed E-state index contributed by atoms with van der Waals surface area (Å²) in [5.74, 6) is 0.213. The van der Waals surface area contributed by atoms with Gasteiger partial charge in [-0.3, -0.25) is 14.6 Å². The summed E-state index contributed by atoms with van der Waals surface area (Å²) in [7, 11) is -3.81. The molecule has 1 aliphatic heterocycles. The highest BCUT2D eigenvalue weighted by atomic mass is 32.2. The van der Waals surface area contributed by atoms with Gasteiger partial charge in [-0.15, -0.1) is 0 Å². The Kier molecular flexibility index (Phi) is 9.28. The van der Waals surface area contributed by atoms with E-state index >= 15 is 0 Å². The normalized spacial score (nSPS) is 15.7. The number of hydrogen-bond acceptors (Lipinski definition) is 6. The third-order valence-corrected chi connectivity index (χ3v) is 7.76. The van der Waals surface area contributed by atoms with Crippen molar-refractivity contribution >= 4 is 33.6 Å². The molecule has 1 unspecified atom stereocenters. The van der Waals surface area contributed by atoms with Crippen LogP contribution >= 0.6 is 11.8 Å². The van der Waals surface area contributed by atoms with Crippen molar-refractivity contribution in [2.75, 3.05) is 25.1 Å². The van der Waals surface area contributed by atoms with Crippen LogP contribution in [0.15, 0.2) is 59.8 Å². The fourth-order valence-electron chi connectivity index (χ4n) is 3.74. The number of piperidine rings is 1. The second-order valence-electron chi connectivity index (χ2n) is 7.95. The molecule has 1 aliphatic rings. The number of amides is 2. The van der Waals surface area contributed by atoms with E-state index in [-0.39, 0.29) is 22.6 Å². The molecule has 2 heterocycles. The molecule has 1 saturated heterocycles. The molecule has 178 valence electrons. The molecular formula is C23H30N4O4S2. The van der Waals surface area contributed by atoms with Crippen LogP contribution in [-0.2, 0) is 26.2 Å². The molecule has 0 bridgehead atoms. The summed E-state index contributed by atoms with van der Waals surface area (Å²) in [6, 6.07) is 11.0. The quantitative estimate of drug-likeness (QED) is 0.528. The van der Waals surface area contributed by atoms with E-state index in [0.717, 1.165) is 5.56 Å². The van der Waals surface area contributed by atoms with Gasteiger partial charge in [-0.25, -0.2) is 8.42 Å². The van der Waals surface area contributed by atoms with Gasteiger partial charge >= 0.3 is 0 Å². The minimum absolute atomic E-state index is 0.0327. The first-order chi connectivity index (χ1) is 15.9. The van der Waals surface area contributed by atoms with E-state index in [1.54, 1.807) is 47.3 Å². The van der Waals surface area contributed by atoms with Crippen LogP contribution in [-0.4, -0.2) is 61.3 Å². The molecule has 1 aromatic carbocycles. The molecule has 8 nitrogen and oxygen atoms in total. The molecule has 0 spiro atoms. The average Bonchev–Trinajstić information content (AvgIpc) is 2.86. The van der Waals surface area contributed by atoms with Gasteiger partial charge in [-0.05, 0) is 55.0 Å². The van der Waals surface area contributed by atoms with E-state index in [9.17, 15) is 18.0 Å². The van der Waals surface area contributed by atoms with Crippen molar-refractivity contribution < 1.29 is 18.0 Å². The van der Waals surface area contributed by atoms with Crippen molar-refractivity contribution in [2.24, 2.45) is 5.92 Å². The van der Waals surface area contributed by atoms with Crippen LogP contribution in [0.1, 0.15) is 24.8 Å². The number of thioether (sulfide) groups is 1. The van der Waals surface area contributed by atoms with Crippen molar-refractivity contribution in [1.29, 1.82) is 0 Å². The van der Waals surface area contributed by atoms with Gasteiger partial charge in [-0.1, -0.05) is 24.3 Å². The van der Waals surface area contributed by atoms with E-state index in [0.29, 0.717) is 44.6 Å². The molecule has 10 heteroatoms. The van der Waals surface area contributed by atoms with Gasteiger partial charge in [0.25, 0.3) is 0 Å². The summed E-state index contributed by atoms with van der Waals surface area (Å²) in [6.45, 7) is 1.27. The fraction of sp³-hybridized carbons (Fsp3) is 0.435. The first-order valence-electron chi connectivity index (χ1n) is 10.9. The molecule has 2 amide bonds. The minimum Gasteiger partial charge on any atom is -0.352 e. The molecular weight excluding hydrogens is 460 g/mol. The molecule has 1 fully saturated rings. The van der Waals surface area contributed by atoms with E-state index in [2.05, 4.69) is 15.0 Å². The van der Waals surface area contributed by atoms with Crippen molar-refractivity contribution in [3.8, 4) is 0 Å². The molecule has 0 saturated carbocycles. The number of carbonyl (C=O) groups excluding carboxylic acids is 2. The average molecular weight is 491 g/mol. The van der Waals surface area contributed by atoms with Crippen molar-refractivity contribution in [1.82, 2.24) is 19.9 Å². The highest BCUT2D eigenvalue weighted by Crippen LogP contribution is 2.20. The number of benzene rings is 1. The Bertz CT molecular complexity index is 1010. The van der Waals surface area contributed by atoms with Gasteiger partial charge in [0.2, 0.25) is 21.8 Å². The lowest BCUT2D eigenvalue weighted by atomic mass is 9.95. The Morgan fingerprint density at radius 1 is 1.15 bits per heavy atom. The first kappa shape index (κ1) is 25.2. The number of hydrogen-bond donors (Lipinski definition) is 2. The SMILES string of the molecule is CSCCC(NS(=O)(=O)c1ccccc1)C(=O)N1CCC(C(=O)NCc2cccnc2)CC1. The Hall–Kier alpha value is -2.43. The van der Waals surface area contributed by atoms with E-state index < -0.39 is 16.1 Å². The standard InChI is InChI=1S/C23H30N4O4S2/c1-32-15-11-21(26-33(30,31)20-7-3-2-4-8-20)23(29)27-13-9-19(10-14-27)22(28)25-17-18-6-5-12-24-16-18/h2-8,12,16,19,21,26H,9-11,13-15,17H2,1H3,(H,25,28). The van der Waals surface area contributed by atoms with Gasteiger partial charge in [0.1, 0.15) is 6.04 Å². The predicted octanol–water partition coefficient (Wildman–Crippen LogP) is 2.04. The van der Waals surface area contributed by atoms with Gasteiger partial charge in [0.15, 0.2) is 0 Å². The zero-order chi connectivity index (χ0) is 23.7. The summed E-state index contributed by atoms with van der Waals surface area (Å²) in [5.41, 5.74) is 0.931. The van der Waals surface area contributed by atoms with Gasteiger partial charge < -0.3 is 10.2 Å². The Labute approximate surface area is 199 Å². The van der Waals surface area contributed by atoms with E-state index in [1.165, 1.54) is 12.1 Å². The van der Waals surface area contributed by atoms with E-state index in [1.807, 2.05) is 18.4 Å². The second-order valence-corrected chi connectivity index (χ2v) is 10.6. The maximum Gasteiger partial charge on any atom is 0.241 e. The van der Waals surface area contributed by atoms with Crippen LogP contribution in [0.5, 0.6) is 0 Å². The molecule has 3 rings (SSSR count). The molecule has 0 aliphatic carbocycles. The number of nitrogens with one attached hydrogen (secondary N) is 2. The van der Waals surface area contributed by atoms with Crippen LogP contribution in [0.25, 0.3) is 0 Å². The van der Waals surface area contributed by atoms with Crippen LogP contribution in [0.2, 0.25) is 0 Å². The van der Waals surface area contributed by atoms with Crippen LogP contribution in [0.3, 0.4) is 0 Å². The number of aromatic nitrogens is 1. The largest absolute Gasteiger partial charge is 0.352 e. The highest BCUT2D eigenvalue weighted by Gasteiger charge is 2.32. The number of carbonyl (C=O) groups is 2. The van der Waals surface area contributed by atoms with Crippen LogP contribution in [0.4, 0.5) is 0 Å². The molecule has 0 radical (unpaired) electrons. The number of sulfonamides is 1. The topological polar surface area (TPSA) is 108 Å². The second kappa shape index (κ2) is 12.2. The maximum absolute atomic E-state index is 13.2. The summed E-state index contributed by atoms with van der Waals surface area (Å²) < 4.78 is 28.2. The Morgan fingerprint density at radius 2 is 1.88 bits per heavy atom. The van der Waals surface area contributed by atoms with Crippen molar-refractivity contribution in [3.05, 3.63) is 60.4 Å². The molecule has 1 aromatic heterocycles.